The van der Waals surface area contributed by atoms with Crippen LogP contribution in [0.15, 0.2) is 34.3 Å². The first-order chi connectivity index (χ1) is 15.3. The zero-order chi connectivity index (χ0) is 24.3. The fourth-order valence-corrected chi connectivity index (χ4v) is 2.98. The average molecular weight is 443 g/mol. The molecule has 0 unspecified atom stereocenters. The van der Waals surface area contributed by atoms with E-state index in [0.29, 0.717) is 34.4 Å². The number of nitrogens with zero attached hydrogens (tertiary/aromatic N) is 2. The number of carbonyl (C=O) groups excluding carboxylic acids is 2. The highest BCUT2D eigenvalue weighted by Crippen LogP contribution is 2.38. The predicted octanol–water partition coefficient (Wildman–Crippen LogP) is 5.59. The van der Waals surface area contributed by atoms with Crippen LogP contribution in [0, 0.1) is 0 Å². The summed E-state index contributed by atoms with van der Waals surface area (Å²) in [5.74, 6) is 2.87. The topological polar surface area (TPSA) is 95.8 Å². The maximum absolute atomic E-state index is 10.3. The van der Waals surface area contributed by atoms with Gasteiger partial charge in [0.2, 0.25) is 12.2 Å². The third-order valence-corrected chi connectivity index (χ3v) is 4.64. The van der Waals surface area contributed by atoms with Crippen molar-refractivity contribution in [3.05, 3.63) is 35.4 Å². The Morgan fingerprint density at radius 2 is 0.875 bits per heavy atom. The summed E-state index contributed by atoms with van der Waals surface area (Å²) in [6.07, 6.45) is 3.09. The molecule has 0 aliphatic carbocycles. The number of aliphatic imine (C=N–C) groups is 2. The molecule has 8 nitrogen and oxygen atoms in total. The van der Waals surface area contributed by atoms with Crippen molar-refractivity contribution in [2.45, 2.75) is 39.5 Å². The molecule has 2 aromatic carbocycles. The number of isocyanates is 2. The number of methoxy groups -OCH3 is 4. The second-order valence-electron chi connectivity index (χ2n) is 7.25. The van der Waals surface area contributed by atoms with Crippen LogP contribution in [0.4, 0.5) is 11.4 Å². The lowest BCUT2D eigenvalue weighted by atomic mass is 10.0. The van der Waals surface area contributed by atoms with Crippen molar-refractivity contribution in [1.29, 1.82) is 0 Å². The van der Waals surface area contributed by atoms with E-state index in [9.17, 15) is 9.59 Å². The molecule has 0 aliphatic heterocycles. The van der Waals surface area contributed by atoms with Crippen LogP contribution >= 0.6 is 0 Å². The van der Waals surface area contributed by atoms with E-state index >= 15 is 0 Å². The van der Waals surface area contributed by atoms with E-state index in [0.717, 1.165) is 11.1 Å². The first-order valence-corrected chi connectivity index (χ1v) is 9.95. The molecule has 32 heavy (non-hydrogen) atoms. The van der Waals surface area contributed by atoms with E-state index < -0.39 is 0 Å². The van der Waals surface area contributed by atoms with Gasteiger partial charge >= 0.3 is 0 Å². The van der Waals surface area contributed by atoms with Gasteiger partial charge in [-0.05, 0) is 35.1 Å². The quantitative estimate of drug-likeness (QED) is 0.391. The fraction of sp³-hybridized carbons (Fsp3) is 0.417. The Balaban J connectivity index is 0.000000320. The molecule has 0 saturated carbocycles. The average Bonchev–Trinajstić information content (AvgIpc) is 2.78. The van der Waals surface area contributed by atoms with Crippen LogP contribution in [0.25, 0.3) is 0 Å². The van der Waals surface area contributed by atoms with Gasteiger partial charge in [-0.1, -0.05) is 27.7 Å². The van der Waals surface area contributed by atoms with Gasteiger partial charge in [-0.2, -0.15) is 9.98 Å². The van der Waals surface area contributed by atoms with Crippen LogP contribution in [0.5, 0.6) is 23.0 Å². The summed E-state index contributed by atoms with van der Waals surface area (Å²) in [6, 6.07) is 7.03. The van der Waals surface area contributed by atoms with Crippen molar-refractivity contribution >= 4 is 23.5 Å². The summed E-state index contributed by atoms with van der Waals surface area (Å²) >= 11 is 0. The lowest BCUT2D eigenvalue weighted by molar-refractivity contribution is 0.354. The van der Waals surface area contributed by atoms with Crippen LogP contribution in [-0.2, 0) is 9.59 Å². The smallest absolute Gasteiger partial charge is 0.240 e. The maximum Gasteiger partial charge on any atom is 0.240 e. The molecule has 0 fully saturated rings. The number of benzene rings is 2. The molecule has 0 saturated heterocycles. The number of ether oxygens (including phenoxy) is 4. The summed E-state index contributed by atoms with van der Waals surface area (Å²) in [5.41, 5.74) is 3.01. The molecule has 0 heterocycles. The van der Waals surface area contributed by atoms with Gasteiger partial charge in [0.25, 0.3) is 0 Å². The van der Waals surface area contributed by atoms with Gasteiger partial charge in [-0.15, -0.1) is 0 Å². The van der Waals surface area contributed by atoms with Crippen molar-refractivity contribution in [3.8, 4) is 23.0 Å². The standard InChI is InChI=1S/2C12H15NO3/c2*1-8(2)9-5-11(15-3)12(16-4)6-10(9)13-7-14/h2*5-6,8H,1-4H3. The summed E-state index contributed by atoms with van der Waals surface area (Å²) in [4.78, 5) is 28.0. The van der Waals surface area contributed by atoms with E-state index in [2.05, 4.69) is 9.98 Å². The summed E-state index contributed by atoms with van der Waals surface area (Å²) in [5, 5.41) is 0. The Kier molecular flexibility index (Phi) is 10.7. The number of hydrogen-bond acceptors (Lipinski definition) is 8. The highest BCUT2D eigenvalue weighted by Gasteiger charge is 2.14. The molecule has 0 amide bonds. The third kappa shape index (κ3) is 6.71. The molecule has 2 aromatic rings. The van der Waals surface area contributed by atoms with Gasteiger partial charge in [-0.25, -0.2) is 9.59 Å². The van der Waals surface area contributed by atoms with Crippen LogP contribution in [0.3, 0.4) is 0 Å². The highest BCUT2D eigenvalue weighted by atomic mass is 16.5. The molecule has 0 aliphatic rings. The lowest BCUT2D eigenvalue weighted by Gasteiger charge is -2.13. The molecule has 0 spiro atoms. The van der Waals surface area contributed by atoms with E-state index in [1.54, 1.807) is 52.7 Å². The molecule has 0 radical (unpaired) electrons. The molecular weight excluding hydrogens is 412 g/mol. The van der Waals surface area contributed by atoms with Crippen LogP contribution < -0.4 is 18.9 Å². The second kappa shape index (κ2) is 13.0. The van der Waals surface area contributed by atoms with E-state index in [1.807, 2.05) is 39.8 Å². The van der Waals surface area contributed by atoms with E-state index in [1.165, 1.54) is 0 Å². The third-order valence-electron chi connectivity index (χ3n) is 4.64. The molecular formula is C24H30N2O6. The molecule has 8 heteroatoms. The number of hydrogen-bond donors (Lipinski definition) is 0. The molecule has 0 N–H and O–H groups in total. The minimum Gasteiger partial charge on any atom is -0.493 e. The van der Waals surface area contributed by atoms with Gasteiger partial charge in [0, 0.05) is 12.1 Å². The van der Waals surface area contributed by atoms with E-state index in [4.69, 9.17) is 18.9 Å². The SMILES string of the molecule is COc1cc(N=C=O)c(C(C)C)cc1OC.COc1cc(N=C=O)c(C(C)C)cc1OC. The van der Waals surface area contributed by atoms with Crippen LogP contribution in [-0.4, -0.2) is 40.6 Å². The maximum atomic E-state index is 10.3. The van der Waals surface area contributed by atoms with Crippen LogP contribution in [0.1, 0.15) is 50.7 Å². The molecule has 0 atom stereocenters. The van der Waals surface area contributed by atoms with Crippen LogP contribution in [0.2, 0.25) is 0 Å². The second-order valence-corrected chi connectivity index (χ2v) is 7.25. The summed E-state index contributed by atoms with van der Waals surface area (Å²) in [6.45, 7) is 8.08. The zero-order valence-corrected chi connectivity index (χ0v) is 19.8. The summed E-state index contributed by atoms with van der Waals surface area (Å²) < 4.78 is 20.7. The highest BCUT2D eigenvalue weighted by molar-refractivity contribution is 5.62. The van der Waals surface area contributed by atoms with Gasteiger partial charge in [-0.3, -0.25) is 0 Å². The minimum atomic E-state index is 0.243. The Morgan fingerprint density at radius 1 is 0.594 bits per heavy atom. The van der Waals surface area contributed by atoms with Gasteiger partial charge in [0.1, 0.15) is 0 Å². The van der Waals surface area contributed by atoms with Crippen molar-refractivity contribution in [1.82, 2.24) is 0 Å². The van der Waals surface area contributed by atoms with Crippen molar-refractivity contribution in [3.63, 3.8) is 0 Å². The largest absolute Gasteiger partial charge is 0.493 e. The lowest BCUT2D eigenvalue weighted by Crippen LogP contribution is -1.95. The molecule has 0 aromatic heterocycles. The minimum absolute atomic E-state index is 0.243. The molecule has 2 rings (SSSR count). The molecule has 172 valence electrons. The summed E-state index contributed by atoms with van der Waals surface area (Å²) in [7, 11) is 6.23. The zero-order valence-electron chi connectivity index (χ0n) is 19.8. The van der Waals surface area contributed by atoms with Gasteiger partial charge in [0.15, 0.2) is 23.0 Å². The van der Waals surface area contributed by atoms with Crippen molar-refractivity contribution in [2.24, 2.45) is 9.98 Å². The van der Waals surface area contributed by atoms with Gasteiger partial charge < -0.3 is 18.9 Å². The monoisotopic (exact) mass is 442 g/mol. The Labute approximate surface area is 188 Å². The van der Waals surface area contributed by atoms with Crippen molar-refractivity contribution < 1.29 is 28.5 Å². The Bertz CT molecular complexity index is 923. The van der Waals surface area contributed by atoms with Crippen molar-refractivity contribution in [2.75, 3.05) is 28.4 Å². The molecule has 0 bridgehead atoms. The fourth-order valence-electron chi connectivity index (χ4n) is 2.98. The Hall–Kier alpha value is -3.60. The van der Waals surface area contributed by atoms with Gasteiger partial charge in [0.05, 0.1) is 39.8 Å². The number of rotatable bonds is 8. The normalized spacial score (nSPS) is 9.81. The first-order valence-electron chi connectivity index (χ1n) is 9.95. The predicted molar refractivity (Wildman–Crippen MR) is 123 cm³/mol. The Morgan fingerprint density at radius 3 is 1.09 bits per heavy atom. The first kappa shape index (κ1) is 26.4. The van der Waals surface area contributed by atoms with E-state index in [-0.39, 0.29) is 11.8 Å².